The van der Waals surface area contributed by atoms with Crippen molar-refractivity contribution in [3.05, 3.63) is 47.2 Å². The molecular weight excluding hydrogens is 246 g/mol. The maximum Gasteiger partial charge on any atom is 0.134 e. The van der Waals surface area contributed by atoms with Gasteiger partial charge in [-0.3, -0.25) is 0 Å². The van der Waals surface area contributed by atoms with Crippen molar-refractivity contribution in [3.8, 4) is 0 Å². The molecule has 1 heterocycles. The zero-order valence-electron chi connectivity index (χ0n) is 12.2. The van der Waals surface area contributed by atoms with Crippen LogP contribution in [0.2, 0.25) is 0 Å². The fraction of sp³-hybridized carbons (Fsp3) is 0.444. The van der Waals surface area contributed by atoms with Gasteiger partial charge in [0, 0.05) is 23.9 Å². The van der Waals surface area contributed by atoms with E-state index in [1.807, 2.05) is 6.07 Å². The van der Waals surface area contributed by atoms with E-state index in [2.05, 4.69) is 36.5 Å². The summed E-state index contributed by atoms with van der Waals surface area (Å²) in [7, 11) is 0. The highest BCUT2D eigenvalue weighted by molar-refractivity contribution is 5.82. The lowest BCUT2D eigenvalue weighted by atomic mass is 10.1. The van der Waals surface area contributed by atoms with E-state index in [1.165, 1.54) is 36.6 Å². The normalized spacial score (nSPS) is 14.9. The second-order valence-electron chi connectivity index (χ2n) is 5.53. The van der Waals surface area contributed by atoms with Crippen molar-refractivity contribution in [2.45, 2.75) is 45.6 Å². The smallest absolute Gasteiger partial charge is 0.134 e. The Hall–Kier alpha value is -1.54. The Balaban J connectivity index is 1.64. The van der Waals surface area contributed by atoms with Gasteiger partial charge in [-0.05, 0) is 38.3 Å². The third kappa shape index (κ3) is 2.80. The van der Waals surface area contributed by atoms with Gasteiger partial charge in [0.05, 0.1) is 0 Å². The van der Waals surface area contributed by atoms with Crippen molar-refractivity contribution in [2.75, 3.05) is 6.54 Å². The van der Waals surface area contributed by atoms with Crippen LogP contribution in [0.25, 0.3) is 11.0 Å². The van der Waals surface area contributed by atoms with Crippen LogP contribution in [0.4, 0.5) is 0 Å². The van der Waals surface area contributed by atoms with E-state index in [0.717, 1.165) is 30.9 Å². The highest BCUT2D eigenvalue weighted by Gasteiger charge is 2.12. The molecule has 0 radical (unpaired) electrons. The highest BCUT2D eigenvalue weighted by Crippen LogP contribution is 2.26. The summed E-state index contributed by atoms with van der Waals surface area (Å²) in [6, 6.07) is 8.34. The molecule has 2 heteroatoms. The molecule has 1 aliphatic rings. The van der Waals surface area contributed by atoms with E-state index in [1.54, 1.807) is 5.57 Å². The summed E-state index contributed by atoms with van der Waals surface area (Å²) in [4.78, 5) is 0. The predicted octanol–water partition coefficient (Wildman–Crippen LogP) is 4.59. The Morgan fingerprint density at radius 1 is 1.25 bits per heavy atom. The minimum absolute atomic E-state index is 0.910. The summed E-state index contributed by atoms with van der Waals surface area (Å²) in [6.45, 7) is 4.13. The number of rotatable bonds is 6. The van der Waals surface area contributed by atoms with E-state index < -0.39 is 0 Å². The van der Waals surface area contributed by atoms with Gasteiger partial charge in [-0.2, -0.15) is 0 Å². The number of para-hydroxylation sites is 1. The third-order valence-corrected chi connectivity index (χ3v) is 4.16. The van der Waals surface area contributed by atoms with Crippen LogP contribution in [0.5, 0.6) is 0 Å². The van der Waals surface area contributed by atoms with Gasteiger partial charge in [0.2, 0.25) is 0 Å². The molecule has 20 heavy (non-hydrogen) atoms. The lowest BCUT2D eigenvalue weighted by Gasteiger charge is -2.06. The summed E-state index contributed by atoms with van der Waals surface area (Å²) in [5.74, 6) is 1.12. The number of hydrogen-bond donors (Lipinski definition) is 1. The largest absolute Gasteiger partial charge is 0.461 e. The molecule has 0 spiro atoms. The average molecular weight is 269 g/mol. The molecule has 1 aliphatic carbocycles. The second-order valence-corrected chi connectivity index (χ2v) is 5.53. The van der Waals surface area contributed by atoms with E-state index in [9.17, 15) is 0 Å². The first kappa shape index (κ1) is 13.4. The molecule has 2 aromatic rings. The number of benzene rings is 1. The van der Waals surface area contributed by atoms with E-state index in [0.29, 0.717) is 0 Å². The maximum absolute atomic E-state index is 5.93. The van der Waals surface area contributed by atoms with E-state index >= 15 is 0 Å². The standard InChI is InChI=1S/C18H23NO/c1-2-17-16(15-9-5-6-10-18(15)20-17)13-19-12-11-14-7-3-4-8-14/h5-7,9-10,19H,2-4,8,11-13H2,1H3. The molecule has 2 nitrogen and oxygen atoms in total. The zero-order chi connectivity index (χ0) is 13.8. The topological polar surface area (TPSA) is 25.2 Å². The zero-order valence-corrected chi connectivity index (χ0v) is 12.2. The number of aryl methyl sites for hydroxylation is 1. The van der Waals surface area contributed by atoms with Crippen LogP contribution in [0, 0.1) is 0 Å². The number of furan rings is 1. The minimum Gasteiger partial charge on any atom is -0.461 e. The van der Waals surface area contributed by atoms with Gasteiger partial charge in [-0.1, -0.05) is 36.8 Å². The summed E-state index contributed by atoms with van der Waals surface area (Å²) in [6.07, 6.45) is 8.49. The Labute approximate surface area is 120 Å². The molecule has 0 fully saturated rings. The molecule has 0 amide bonds. The molecule has 1 aromatic carbocycles. The molecule has 0 saturated heterocycles. The van der Waals surface area contributed by atoms with Gasteiger partial charge < -0.3 is 9.73 Å². The molecule has 0 atom stereocenters. The lowest BCUT2D eigenvalue weighted by Crippen LogP contribution is -2.15. The molecule has 0 unspecified atom stereocenters. The summed E-state index contributed by atoms with van der Waals surface area (Å²) in [5.41, 5.74) is 3.98. The molecule has 0 bridgehead atoms. The van der Waals surface area contributed by atoms with Gasteiger partial charge in [0.15, 0.2) is 0 Å². The van der Waals surface area contributed by atoms with Crippen LogP contribution >= 0.6 is 0 Å². The molecule has 3 rings (SSSR count). The summed E-state index contributed by atoms with van der Waals surface area (Å²) >= 11 is 0. The molecular formula is C18H23NO. The Kier molecular flexibility index (Phi) is 4.22. The SMILES string of the molecule is CCc1oc2ccccc2c1CNCCC1=CCCC1. The van der Waals surface area contributed by atoms with Crippen LogP contribution in [-0.4, -0.2) is 6.54 Å². The van der Waals surface area contributed by atoms with Crippen LogP contribution in [-0.2, 0) is 13.0 Å². The number of nitrogens with one attached hydrogen (secondary N) is 1. The van der Waals surface area contributed by atoms with Crippen molar-refractivity contribution in [1.29, 1.82) is 0 Å². The average Bonchev–Trinajstić information content (AvgIpc) is 3.11. The van der Waals surface area contributed by atoms with Crippen molar-refractivity contribution >= 4 is 11.0 Å². The van der Waals surface area contributed by atoms with Gasteiger partial charge in [-0.25, -0.2) is 0 Å². The van der Waals surface area contributed by atoms with E-state index in [-0.39, 0.29) is 0 Å². The van der Waals surface area contributed by atoms with Crippen molar-refractivity contribution in [3.63, 3.8) is 0 Å². The van der Waals surface area contributed by atoms with E-state index in [4.69, 9.17) is 4.42 Å². The summed E-state index contributed by atoms with van der Waals surface area (Å²) in [5, 5.41) is 4.84. The number of fused-ring (bicyclic) bond motifs is 1. The molecule has 1 N–H and O–H groups in total. The monoisotopic (exact) mass is 269 g/mol. The van der Waals surface area contributed by atoms with Gasteiger partial charge in [0.25, 0.3) is 0 Å². The van der Waals surface area contributed by atoms with Crippen LogP contribution < -0.4 is 5.32 Å². The number of hydrogen-bond acceptors (Lipinski definition) is 2. The first-order chi connectivity index (χ1) is 9.88. The highest BCUT2D eigenvalue weighted by atomic mass is 16.3. The molecule has 0 aliphatic heterocycles. The Bertz CT molecular complexity index is 609. The molecule has 1 aromatic heterocycles. The first-order valence-electron chi connectivity index (χ1n) is 7.76. The van der Waals surface area contributed by atoms with Crippen LogP contribution in [0.1, 0.15) is 43.9 Å². The Morgan fingerprint density at radius 3 is 2.95 bits per heavy atom. The maximum atomic E-state index is 5.93. The third-order valence-electron chi connectivity index (χ3n) is 4.16. The summed E-state index contributed by atoms with van der Waals surface area (Å²) < 4.78 is 5.93. The minimum atomic E-state index is 0.910. The van der Waals surface area contributed by atoms with Crippen molar-refractivity contribution in [1.82, 2.24) is 5.32 Å². The van der Waals surface area contributed by atoms with Crippen LogP contribution in [0.15, 0.2) is 40.3 Å². The fourth-order valence-corrected chi connectivity index (χ4v) is 3.06. The van der Waals surface area contributed by atoms with Crippen molar-refractivity contribution < 1.29 is 4.42 Å². The predicted molar refractivity (Wildman–Crippen MR) is 83.8 cm³/mol. The van der Waals surface area contributed by atoms with Gasteiger partial charge in [-0.15, -0.1) is 0 Å². The van der Waals surface area contributed by atoms with Crippen LogP contribution in [0.3, 0.4) is 0 Å². The quantitative estimate of drug-likeness (QED) is 0.613. The Morgan fingerprint density at radius 2 is 2.15 bits per heavy atom. The molecule has 106 valence electrons. The van der Waals surface area contributed by atoms with Gasteiger partial charge >= 0.3 is 0 Å². The first-order valence-corrected chi connectivity index (χ1v) is 7.76. The van der Waals surface area contributed by atoms with Gasteiger partial charge in [0.1, 0.15) is 11.3 Å². The van der Waals surface area contributed by atoms with Crippen molar-refractivity contribution in [2.24, 2.45) is 0 Å². The lowest BCUT2D eigenvalue weighted by molar-refractivity contribution is 0.544. The molecule has 0 saturated carbocycles. The fourth-order valence-electron chi connectivity index (χ4n) is 3.06. The number of allylic oxidation sites excluding steroid dienone is 1. The second kappa shape index (κ2) is 6.27.